The van der Waals surface area contributed by atoms with Gasteiger partial charge in [-0.15, -0.1) is 0 Å². The monoisotopic (exact) mass is 329 g/mol. The Hall–Kier alpha value is -2.21. The van der Waals surface area contributed by atoms with Crippen LogP contribution in [0.4, 0.5) is 0 Å². The minimum absolute atomic E-state index is 0.0849. The van der Waals surface area contributed by atoms with Crippen LogP contribution >= 0.6 is 0 Å². The Labute approximate surface area is 141 Å². The van der Waals surface area contributed by atoms with Gasteiger partial charge < -0.3 is 14.2 Å². The zero-order valence-electron chi connectivity index (χ0n) is 14.4. The average molecular weight is 329 g/mol. The Morgan fingerprint density at radius 2 is 2.04 bits per heavy atom. The fourth-order valence-corrected chi connectivity index (χ4v) is 2.78. The Morgan fingerprint density at radius 3 is 2.79 bits per heavy atom. The van der Waals surface area contributed by atoms with E-state index >= 15 is 0 Å². The van der Waals surface area contributed by atoms with E-state index in [1.165, 1.54) is 5.56 Å². The van der Waals surface area contributed by atoms with Crippen LogP contribution < -0.4 is 0 Å². The Bertz CT molecular complexity index is 696. The predicted molar refractivity (Wildman–Crippen MR) is 89.4 cm³/mol. The summed E-state index contributed by atoms with van der Waals surface area (Å²) in [7, 11) is 0. The van der Waals surface area contributed by atoms with Gasteiger partial charge >= 0.3 is 0 Å². The molecule has 0 unspecified atom stereocenters. The third-order valence-corrected chi connectivity index (χ3v) is 4.26. The lowest BCUT2D eigenvalue weighted by atomic mass is 10.1. The lowest BCUT2D eigenvalue weighted by Crippen LogP contribution is -2.50. The number of hydrogen-bond acceptors (Lipinski definition) is 5. The molecule has 3 rings (SSSR count). The summed E-state index contributed by atoms with van der Waals surface area (Å²) in [4.78, 5) is 18.7. The number of benzene rings is 1. The quantitative estimate of drug-likeness (QED) is 0.862. The lowest BCUT2D eigenvalue weighted by molar-refractivity contribution is -0.143. The van der Waals surface area contributed by atoms with Crippen molar-refractivity contribution in [1.82, 2.24) is 15.0 Å². The van der Waals surface area contributed by atoms with Crippen molar-refractivity contribution in [3.05, 3.63) is 35.7 Å². The number of nitrogens with zero attached hydrogens (tertiary/aromatic N) is 3. The molecule has 1 amide bonds. The van der Waals surface area contributed by atoms with Crippen molar-refractivity contribution in [2.75, 3.05) is 13.2 Å². The van der Waals surface area contributed by atoms with E-state index in [9.17, 15) is 4.79 Å². The first-order valence-corrected chi connectivity index (χ1v) is 8.33. The summed E-state index contributed by atoms with van der Waals surface area (Å²) in [6.07, 6.45) is 0.907. The molecule has 24 heavy (non-hydrogen) atoms. The number of ether oxygens (including phenoxy) is 1. The van der Waals surface area contributed by atoms with E-state index in [-0.39, 0.29) is 18.1 Å². The number of aromatic nitrogens is 2. The van der Waals surface area contributed by atoms with Gasteiger partial charge in [0.1, 0.15) is 0 Å². The summed E-state index contributed by atoms with van der Waals surface area (Å²) in [5.74, 6) is 1.16. The summed E-state index contributed by atoms with van der Waals surface area (Å²) < 4.78 is 10.8. The summed E-state index contributed by atoms with van der Waals surface area (Å²) in [6.45, 7) is 7.25. The summed E-state index contributed by atoms with van der Waals surface area (Å²) >= 11 is 0. The van der Waals surface area contributed by atoms with Crippen molar-refractivity contribution >= 4 is 5.91 Å². The molecule has 1 fully saturated rings. The molecule has 6 nitrogen and oxygen atoms in total. The molecule has 2 atom stereocenters. The van der Waals surface area contributed by atoms with Crippen LogP contribution in [0.3, 0.4) is 0 Å². The molecule has 128 valence electrons. The van der Waals surface area contributed by atoms with E-state index in [0.29, 0.717) is 37.7 Å². The number of amides is 1. The molecule has 0 saturated carbocycles. The summed E-state index contributed by atoms with van der Waals surface area (Å²) in [6, 6.07) is 8.06. The Morgan fingerprint density at radius 1 is 1.29 bits per heavy atom. The Kier molecular flexibility index (Phi) is 4.94. The second-order valence-electron chi connectivity index (χ2n) is 6.42. The van der Waals surface area contributed by atoms with Crippen molar-refractivity contribution in [3.8, 4) is 11.4 Å². The first kappa shape index (κ1) is 16.6. The molecule has 2 heterocycles. The van der Waals surface area contributed by atoms with Crippen molar-refractivity contribution in [2.24, 2.45) is 0 Å². The minimum atomic E-state index is 0.0849. The first-order chi connectivity index (χ1) is 11.5. The number of rotatable bonds is 4. The molecule has 1 aromatic heterocycles. The van der Waals surface area contributed by atoms with Crippen LogP contribution in [0.2, 0.25) is 0 Å². The number of carbonyl (C=O) groups excluding carboxylic acids is 1. The van der Waals surface area contributed by atoms with E-state index in [1.54, 1.807) is 0 Å². The standard InChI is InChI=1S/C18H23N3O3/c1-12-4-6-15(7-5-12)18-19-16(24-20-18)8-9-17(22)21-10-14(3)23-11-13(21)2/h4-7,13-14H,8-11H2,1-3H3/t13-,14+/m0/s1. The maximum absolute atomic E-state index is 12.4. The molecular formula is C18H23N3O3. The molecule has 0 N–H and O–H groups in total. The molecule has 0 radical (unpaired) electrons. The maximum atomic E-state index is 12.4. The number of aryl methyl sites for hydroxylation is 2. The lowest BCUT2D eigenvalue weighted by Gasteiger charge is -2.36. The van der Waals surface area contributed by atoms with E-state index in [1.807, 2.05) is 49.9 Å². The summed E-state index contributed by atoms with van der Waals surface area (Å²) in [5.41, 5.74) is 2.10. The third kappa shape index (κ3) is 3.82. The third-order valence-electron chi connectivity index (χ3n) is 4.26. The molecule has 0 bridgehead atoms. The zero-order valence-corrected chi connectivity index (χ0v) is 14.4. The van der Waals surface area contributed by atoms with Crippen molar-refractivity contribution in [2.45, 2.75) is 45.8 Å². The van der Waals surface area contributed by atoms with Gasteiger partial charge in [0.25, 0.3) is 0 Å². The highest BCUT2D eigenvalue weighted by Gasteiger charge is 2.27. The molecule has 0 spiro atoms. The van der Waals surface area contributed by atoms with Gasteiger partial charge in [-0.05, 0) is 20.8 Å². The molecule has 1 aliphatic rings. The number of morpholine rings is 1. The summed E-state index contributed by atoms with van der Waals surface area (Å²) in [5, 5.41) is 4.00. The van der Waals surface area contributed by atoms with Gasteiger partial charge in [-0.1, -0.05) is 35.0 Å². The number of hydrogen-bond donors (Lipinski definition) is 0. The SMILES string of the molecule is Cc1ccc(-c2noc(CCC(=O)N3C[C@@H](C)OC[C@@H]3C)n2)cc1. The molecule has 1 aliphatic heterocycles. The second kappa shape index (κ2) is 7.13. The van der Waals surface area contributed by atoms with Crippen LogP contribution in [0.25, 0.3) is 11.4 Å². The predicted octanol–water partition coefficient (Wildman–Crippen LogP) is 2.61. The maximum Gasteiger partial charge on any atom is 0.227 e. The van der Waals surface area contributed by atoms with Crippen LogP contribution in [0.1, 0.15) is 31.7 Å². The number of carbonyl (C=O) groups is 1. The van der Waals surface area contributed by atoms with Crippen molar-refractivity contribution in [1.29, 1.82) is 0 Å². The molecule has 2 aromatic rings. The van der Waals surface area contributed by atoms with Crippen molar-refractivity contribution < 1.29 is 14.1 Å². The van der Waals surface area contributed by atoms with Gasteiger partial charge in [0.15, 0.2) is 0 Å². The topological polar surface area (TPSA) is 68.5 Å². The normalized spacial score (nSPS) is 21.0. The van der Waals surface area contributed by atoms with Crippen LogP contribution in [0.15, 0.2) is 28.8 Å². The van der Waals surface area contributed by atoms with Crippen LogP contribution in [-0.2, 0) is 16.0 Å². The van der Waals surface area contributed by atoms with Crippen LogP contribution in [0, 0.1) is 6.92 Å². The fraction of sp³-hybridized carbons (Fsp3) is 0.500. The van der Waals surface area contributed by atoms with Gasteiger partial charge in [-0.25, -0.2) is 0 Å². The second-order valence-corrected chi connectivity index (χ2v) is 6.42. The minimum Gasteiger partial charge on any atom is -0.375 e. The van der Waals surface area contributed by atoms with E-state index < -0.39 is 0 Å². The van der Waals surface area contributed by atoms with Gasteiger partial charge in [-0.3, -0.25) is 4.79 Å². The fourth-order valence-electron chi connectivity index (χ4n) is 2.78. The Balaban J connectivity index is 1.59. The highest BCUT2D eigenvalue weighted by molar-refractivity contribution is 5.76. The van der Waals surface area contributed by atoms with Gasteiger partial charge in [0.05, 0.1) is 18.8 Å². The van der Waals surface area contributed by atoms with Gasteiger partial charge in [0, 0.05) is 24.9 Å². The highest BCUT2D eigenvalue weighted by atomic mass is 16.5. The zero-order chi connectivity index (χ0) is 17.1. The average Bonchev–Trinajstić information content (AvgIpc) is 3.04. The van der Waals surface area contributed by atoms with Crippen LogP contribution in [0.5, 0.6) is 0 Å². The van der Waals surface area contributed by atoms with E-state index in [2.05, 4.69) is 10.1 Å². The molecular weight excluding hydrogens is 306 g/mol. The van der Waals surface area contributed by atoms with Crippen LogP contribution in [-0.4, -0.2) is 46.2 Å². The van der Waals surface area contributed by atoms with Gasteiger partial charge in [-0.2, -0.15) is 4.98 Å². The smallest absolute Gasteiger partial charge is 0.227 e. The van der Waals surface area contributed by atoms with Crippen molar-refractivity contribution in [3.63, 3.8) is 0 Å². The first-order valence-electron chi connectivity index (χ1n) is 8.33. The highest BCUT2D eigenvalue weighted by Crippen LogP contribution is 2.18. The molecule has 1 aromatic carbocycles. The molecule has 1 saturated heterocycles. The largest absolute Gasteiger partial charge is 0.375 e. The van der Waals surface area contributed by atoms with E-state index in [4.69, 9.17) is 9.26 Å². The molecule has 0 aliphatic carbocycles. The van der Waals surface area contributed by atoms with Gasteiger partial charge in [0.2, 0.25) is 17.6 Å². The molecule has 6 heteroatoms. The van der Waals surface area contributed by atoms with E-state index in [0.717, 1.165) is 5.56 Å².